The highest BCUT2D eigenvalue weighted by atomic mass is 19.4. The number of aromatic nitrogens is 3. The molecule has 0 atom stereocenters. The van der Waals surface area contributed by atoms with Gasteiger partial charge < -0.3 is 10.1 Å². The second kappa shape index (κ2) is 8.80. The molecule has 34 heavy (non-hydrogen) atoms. The lowest BCUT2D eigenvalue weighted by Crippen LogP contribution is -2.20. The van der Waals surface area contributed by atoms with E-state index < -0.39 is 35.6 Å². The van der Waals surface area contributed by atoms with Gasteiger partial charge in [0.05, 0.1) is 17.2 Å². The van der Waals surface area contributed by atoms with Crippen LogP contribution in [0.4, 0.5) is 32.0 Å². The number of pyridine rings is 1. The quantitative estimate of drug-likeness (QED) is 0.436. The van der Waals surface area contributed by atoms with Crippen molar-refractivity contribution in [3.63, 3.8) is 0 Å². The minimum absolute atomic E-state index is 0.0999. The third-order valence-electron chi connectivity index (χ3n) is 5.73. The Balaban J connectivity index is 1.67. The zero-order valence-electron chi connectivity index (χ0n) is 17.9. The van der Waals surface area contributed by atoms with Gasteiger partial charge in [-0.1, -0.05) is 13.0 Å². The Bertz CT molecular complexity index is 1200. The summed E-state index contributed by atoms with van der Waals surface area (Å²) in [4.78, 5) is 15.8. The third kappa shape index (κ3) is 5.42. The van der Waals surface area contributed by atoms with Gasteiger partial charge in [-0.05, 0) is 49.8 Å². The van der Waals surface area contributed by atoms with E-state index >= 15 is 0 Å². The summed E-state index contributed by atoms with van der Waals surface area (Å²) in [5, 5.41) is 7.02. The number of rotatable bonds is 4. The van der Waals surface area contributed by atoms with Gasteiger partial charge in [0.1, 0.15) is 11.4 Å². The van der Waals surface area contributed by atoms with E-state index in [4.69, 9.17) is 0 Å². The Hall–Kier alpha value is -3.31. The molecule has 1 fully saturated rings. The molecule has 2 heterocycles. The number of nitrogens with one attached hydrogen (secondary N) is 1. The number of benzene rings is 1. The van der Waals surface area contributed by atoms with Crippen LogP contribution in [0.15, 0.2) is 36.5 Å². The summed E-state index contributed by atoms with van der Waals surface area (Å²) in [6, 6.07) is 5.08. The van der Waals surface area contributed by atoms with Gasteiger partial charge in [-0.15, -0.1) is 13.2 Å². The molecule has 12 heteroatoms. The van der Waals surface area contributed by atoms with Crippen molar-refractivity contribution in [1.82, 2.24) is 14.8 Å². The maximum absolute atomic E-state index is 13.0. The molecule has 182 valence electrons. The van der Waals surface area contributed by atoms with E-state index in [0.717, 1.165) is 43.9 Å². The summed E-state index contributed by atoms with van der Waals surface area (Å²) in [6.07, 6.45) is -4.40. The van der Waals surface area contributed by atoms with Crippen LogP contribution in [0.5, 0.6) is 5.75 Å². The Morgan fingerprint density at radius 1 is 1.09 bits per heavy atom. The number of carbonyl (C=O) groups excluding carboxylic acids is 1. The monoisotopic (exact) mass is 486 g/mol. The Kier molecular flexibility index (Phi) is 6.17. The predicted molar refractivity (Wildman–Crippen MR) is 110 cm³/mol. The first-order valence-electron chi connectivity index (χ1n) is 10.5. The summed E-state index contributed by atoms with van der Waals surface area (Å²) < 4.78 is 83.5. The standard InChI is InChI=1S/C22H20F6N4O2/c1-12-5-7-14(8-6-12)32-11-13-9-17(18(10-16(13)31-32)34-22(26,27)28)30-20(33)15-3-2-4-19(29-15)21(23,24)25/h2-4,9-12,14H,5-8H2,1H3,(H,30,33). The van der Waals surface area contributed by atoms with E-state index in [1.165, 1.54) is 6.07 Å². The van der Waals surface area contributed by atoms with Crippen LogP contribution in [0.25, 0.3) is 10.9 Å². The molecule has 1 saturated carbocycles. The molecule has 1 N–H and O–H groups in total. The SMILES string of the molecule is CC1CCC(n2cc3cc(NC(=O)c4cccc(C(F)(F)F)n4)c(OC(F)(F)F)cc3n2)CC1. The molecule has 1 aliphatic rings. The first-order valence-corrected chi connectivity index (χ1v) is 10.5. The first-order chi connectivity index (χ1) is 15.9. The molecule has 0 bridgehead atoms. The molecule has 0 unspecified atom stereocenters. The fourth-order valence-corrected chi connectivity index (χ4v) is 3.98. The molecule has 1 aliphatic carbocycles. The van der Waals surface area contributed by atoms with Crippen LogP contribution in [-0.2, 0) is 6.18 Å². The number of anilines is 1. The molecular formula is C22H20F6N4O2. The second-order valence-electron chi connectivity index (χ2n) is 8.34. The molecular weight excluding hydrogens is 466 g/mol. The van der Waals surface area contributed by atoms with Crippen molar-refractivity contribution in [2.45, 2.75) is 51.2 Å². The second-order valence-corrected chi connectivity index (χ2v) is 8.34. The van der Waals surface area contributed by atoms with Gasteiger partial charge in [-0.2, -0.15) is 18.3 Å². The van der Waals surface area contributed by atoms with Crippen molar-refractivity contribution in [1.29, 1.82) is 0 Å². The van der Waals surface area contributed by atoms with Crippen LogP contribution < -0.4 is 10.1 Å². The van der Waals surface area contributed by atoms with Gasteiger partial charge in [0.15, 0.2) is 5.75 Å². The van der Waals surface area contributed by atoms with Crippen LogP contribution >= 0.6 is 0 Å². The molecule has 0 aliphatic heterocycles. The normalized spacial score (nSPS) is 19.3. The molecule has 0 saturated heterocycles. The summed E-state index contributed by atoms with van der Waals surface area (Å²) in [5.74, 6) is -1.26. The molecule has 2 aromatic heterocycles. The van der Waals surface area contributed by atoms with Crippen molar-refractivity contribution in [2.75, 3.05) is 5.32 Å². The van der Waals surface area contributed by atoms with Crippen LogP contribution in [0, 0.1) is 5.92 Å². The number of amides is 1. The largest absolute Gasteiger partial charge is 0.573 e. The summed E-state index contributed by atoms with van der Waals surface area (Å²) >= 11 is 0. The van der Waals surface area contributed by atoms with Gasteiger partial charge in [-0.3, -0.25) is 9.48 Å². The molecule has 0 radical (unpaired) electrons. The molecule has 0 spiro atoms. The van der Waals surface area contributed by atoms with E-state index in [0.29, 0.717) is 17.4 Å². The van der Waals surface area contributed by atoms with Gasteiger partial charge in [0.2, 0.25) is 0 Å². The Morgan fingerprint density at radius 3 is 2.44 bits per heavy atom. The molecule has 3 aromatic rings. The van der Waals surface area contributed by atoms with Crippen molar-refractivity contribution in [2.24, 2.45) is 5.92 Å². The molecule has 1 aromatic carbocycles. The Morgan fingerprint density at radius 2 is 1.79 bits per heavy atom. The first kappa shape index (κ1) is 23.8. The number of hydrogen-bond acceptors (Lipinski definition) is 4. The fraction of sp³-hybridized carbons (Fsp3) is 0.409. The summed E-state index contributed by atoms with van der Waals surface area (Å²) in [6.45, 7) is 2.16. The van der Waals surface area contributed by atoms with E-state index in [1.807, 2.05) is 0 Å². The van der Waals surface area contributed by atoms with E-state index in [1.54, 1.807) is 10.9 Å². The van der Waals surface area contributed by atoms with Gasteiger partial charge >= 0.3 is 12.5 Å². The lowest BCUT2D eigenvalue weighted by atomic mass is 9.87. The van der Waals surface area contributed by atoms with Crippen LogP contribution in [-0.4, -0.2) is 27.0 Å². The maximum Gasteiger partial charge on any atom is 0.573 e. The van der Waals surface area contributed by atoms with E-state index in [9.17, 15) is 31.1 Å². The zero-order chi connectivity index (χ0) is 24.7. The highest BCUT2D eigenvalue weighted by Gasteiger charge is 2.34. The van der Waals surface area contributed by atoms with Gasteiger partial charge in [-0.25, -0.2) is 4.98 Å². The zero-order valence-corrected chi connectivity index (χ0v) is 17.9. The van der Waals surface area contributed by atoms with Gasteiger partial charge in [0, 0.05) is 17.6 Å². The highest BCUT2D eigenvalue weighted by Crippen LogP contribution is 2.37. The van der Waals surface area contributed by atoms with Crippen molar-refractivity contribution in [3.05, 3.63) is 47.9 Å². The molecule has 6 nitrogen and oxygen atoms in total. The number of hydrogen-bond donors (Lipinski definition) is 1. The predicted octanol–water partition coefficient (Wildman–Crippen LogP) is 6.35. The number of carbonyl (C=O) groups is 1. The van der Waals surface area contributed by atoms with Gasteiger partial charge in [0.25, 0.3) is 5.91 Å². The average Bonchev–Trinajstić information content (AvgIpc) is 3.15. The number of ether oxygens (including phenoxy) is 1. The number of fused-ring (bicyclic) bond motifs is 1. The van der Waals surface area contributed by atoms with Crippen molar-refractivity contribution < 1.29 is 35.9 Å². The number of nitrogens with zero attached hydrogens (tertiary/aromatic N) is 3. The third-order valence-corrected chi connectivity index (χ3v) is 5.73. The molecule has 4 rings (SSSR count). The van der Waals surface area contributed by atoms with Crippen LogP contribution in [0.3, 0.4) is 0 Å². The maximum atomic E-state index is 13.0. The number of alkyl halides is 6. The van der Waals surface area contributed by atoms with Crippen molar-refractivity contribution in [3.8, 4) is 5.75 Å². The van der Waals surface area contributed by atoms with E-state index in [2.05, 4.69) is 27.1 Å². The summed E-state index contributed by atoms with van der Waals surface area (Å²) in [7, 11) is 0. The lowest BCUT2D eigenvalue weighted by molar-refractivity contribution is -0.274. The smallest absolute Gasteiger partial charge is 0.403 e. The summed E-state index contributed by atoms with van der Waals surface area (Å²) in [5.41, 5.74) is -2.05. The van der Waals surface area contributed by atoms with Crippen molar-refractivity contribution >= 4 is 22.5 Å². The van der Waals surface area contributed by atoms with Crippen LogP contribution in [0.1, 0.15) is 54.8 Å². The minimum atomic E-state index is -5.07. The van der Waals surface area contributed by atoms with E-state index in [-0.39, 0.29) is 17.2 Å². The number of halogens is 6. The Labute approximate surface area is 189 Å². The fourth-order valence-electron chi connectivity index (χ4n) is 3.98. The van der Waals surface area contributed by atoms with Crippen LogP contribution in [0.2, 0.25) is 0 Å². The average molecular weight is 486 g/mol. The molecule has 1 amide bonds. The lowest BCUT2D eigenvalue weighted by Gasteiger charge is -2.26. The highest BCUT2D eigenvalue weighted by molar-refractivity contribution is 6.05. The topological polar surface area (TPSA) is 69.0 Å². The minimum Gasteiger partial charge on any atom is -0.403 e.